The number of phenols is 1. The van der Waals surface area contributed by atoms with E-state index >= 15 is 0 Å². The first-order valence-corrected chi connectivity index (χ1v) is 4.93. The molecule has 0 unspecified atom stereocenters. The van der Waals surface area contributed by atoms with E-state index < -0.39 is 0 Å². The number of methoxy groups -OCH3 is 1. The molecule has 2 rings (SSSR count). The molecule has 2 aromatic carbocycles. The van der Waals surface area contributed by atoms with Gasteiger partial charge in [-0.3, -0.25) is 0 Å². The third-order valence-electron chi connectivity index (χ3n) is 2.40. The molecule has 0 aliphatic heterocycles. The van der Waals surface area contributed by atoms with E-state index in [4.69, 9.17) is 10.5 Å². The first-order chi connectivity index (χ1) is 7.70. The molecule has 0 heterocycles. The highest BCUT2D eigenvalue weighted by Crippen LogP contribution is 2.31. The maximum absolute atomic E-state index is 9.49. The van der Waals surface area contributed by atoms with Crippen molar-refractivity contribution in [2.24, 2.45) is 0 Å². The molecule has 0 aromatic heterocycles. The Hall–Kier alpha value is -2.16. The number of nitrogen functional groups attached to an aromatic ring is 1. The van der Waals surface area contributed by atoms with Crippen LogP contribution in [0.2, 0.25) is 0 Å². The zero-order chi connectivity index (χ0) is 11.5. The third-order valence-corrected chi connectivity index (χ3v) is 2.40. The second kappa shape index (κ2) is 4.14. The predicted octanol–water partition coefficient (Wildman–Crippen LogP) is 2.65. The summed E-state index contributed by atoms with van der Waals surface area (Å²) in [5.74, 6) is 0.593. The fourth-order valence-electron chi connectivity index (χ4n) is 1.58. The number of rotatable bonds is 2. The number of hydrogen-bond acceptors (Lipinski definition) is 3. The second-order valence-electron chi connectivity index (χ2n) is 3.51. The number of aromatic hydroxyl groups is 1. The monoisotopic (exact) mass is 215 g/mol. The van der Waals surface area contributed by atoms with Crippen LogP contribution in [0.15, 0.2) is 42.5 Å². The van der Waals surface area contributed by atoms with Crippen molar-refractivity contribution in [2.75, 3.05) is 12.8 Å². The molecule has 0 fully saturated rings. The van der Waals surface area contributed by atoms with Gasteiger partial charge in [0, 0.05) is 5.69 Å². The van der Waals surface area contributed by atoms with E-state index in [1.54, 1.807) is 12.1 Å². The predicted molar refractivity (Wildman–Crippen MR) is 64.5 cm³/mol. The van der Waals surface area contributed by atoms with E-state index in [2.05, 4.69) is 0 Å². The normalized spacial score (nSPS) is 10.1. The van der Waals surface area contributed by atoms with Crippen molar-refractivity contribution in [3.63, 3.8) is 0 Å². The highest BCUT2D eigenvalue weighted by atomic mass is 16.5. The summed E-state index contributed by atoms with van der Waals surface area (Å²) < 4.78 is 5.06. The molecule has 0 radical (unpaired) electrons. The van der Waals surface area contributed by atoms with E-state index in [1.165, 1.54) is 7.11 Å². The van der Waals surface area contributed by atoms with Crippen LogP contribution in [-0.4, -0.2) is 12.2 Å². The van der Waals surface area contributed by atoms with Gasteiger partial charge in [-0.2, -0.15) is 0 Å². The summed E-state index contributed by atoms with van der Waals surface area (Å²) in [5, 5.41) is 9.49. The van der Waals surface area contributed by atoms with Crippen molar-refractivity contribution in [2.45, 2.75) is 0 Å². The topological polar surface area (TPSA) is 55.5 Å². The number of ether oxygens (including phenoxy) is 1. The van der Waals surface area contributed by atoms with Gasteiger partial charge in [0.15, 0.2) is 11.5 Å². The van der Waals surface area contributed by atoms with Crippen molar-refractivity contribution in [1.82, 2.24) is 0 Å². The molecule has 3 N–H and O–H groups in total. The number of nitrogens with two attached hydrogens (primary N) is 1. The zero-order valence-electron chi connectivity index (χ0n) is 8.97. The van der Waals surface area contributed by atoms with Crippen molar-refractivity contribution < 1.29 is 9.84 Å². The maximum Gasteiger partial charge on any atom is 0.161 e. The Labute approximate surface area is 94.1 Å². The smallest absolute Gasteiger partial charge is 0.161 e. The molecule has 0 amide bonds. The van der Waals surface area contributed by atoms with E-state index in [1.807, 2.05) is 30.3 Å². The largest absolute Gasteiger partial charge is 0.504 e. The summed E-state index contributed by atoms with van der Waals surface area (Å²) in [5.41, 5.74) is 8.39. The fraction of sp³-hybridized carbons (Fsp3) is 0.0769. The average molecular weight is 215 g/mol. The van der Waals surface area contributed by atoms with Crippen LogP contribution in [0.4, 0.5) is 5.69 Å². The van der Waals surface area contributed by atoms with Crippen LogP contribution in [0.1, 0.15) is 0 Å². The lowest BCUT2D eigenvalue weighted by atomic mass is 10.0. The van der Waals surface area contributed by atoms with E-state index in [0.29, 0.717) is 11.4 Å². The van der Waals surface area contributed by atoms with Crippen LogP contribution in [0.3, 0.4) is 0 Å². The summed E-state index contributed by atoms with van der Waals surface area (Å²) in [4.78, 5) is 0. The first kappa shape index (κ1) is 10.4. The average Bonchev–Trinajstić information content (AvgIpc) is 2.29. The number of phenolic OH excluding ortho intramolecular Hbond substituents is 1. The molecule has 82 valence electrons. The Kier molecular flexibility index (Phi) is 2.68. The molecule has 0 aliphatic rings. The zero-order valence-corrected chi connectivity index (χ0v) is 8.97. The molecular formula is C13H13NO2. The van der Waals surface area contributed by atoms with Gasteiger partial charge in [0.25, 0.3) is 0 Å². The van der Waals surface area contributed by atoms with Gasteiger partial charge in [-0.25, -0.2) is 0 Å². The number of benzene rings is 2. The summed E-state index contributed by atoms with van der Waals surface area (Å²) in [7, 11) is 1.53. The number of anilines is 1. The van der Waals surface area contributed by atoms with Gasteiger partial charge in [0.1, 0.15) is 0 Å². The Morgan fingerprint density at radius 2 is 1.81 bits per heavy atom. The highest BCUT2D eigenvalue weighted by molar-refractivity contribution is 5.69. The third kappa shape index (κ3) is 1.93. The van der Waals surface area contributed by atoms with E-state index in [9.17, 15) is 5.11 Å². The molecular weight excluding hydrogens is 202 g/mol. The van der Waals surface area contributed by atoms with Crippen LogP contribution in [0, 0.1) is 0 Å². The van der Waals surface area contributed by atoms with Crippen LogP contribution in [0.25, 0.3) is 11.1 Å². The van der Waals surface area contributed by atoms with Crippen molar-refractivity contribution in [1.29, 1.82) is 0 Å². The SMILES string of the molecule is COc1cc(-c2cccc(N)c2)ccc1O. The lowest BCUT2D eigenvalue weighted by Gasteiger charge is -2.07. The van der Waals surface area contributed by atoms with Crippen LogP contribution < -0.4 is 10.5 Å². The molecule has 0 atom stereocenters. The summed E-state index contributed by atoms with van der Waals surface area (Å²) in [6.45, 7) is 0. The Balaban J connectivity index is 2.48. The molecule has 16 heavy (non-hydrogen) atoms. The van der Waals surface area contributed by atoms with Gasteiger partial charge < -0.3 is 15.6 Å². The fourth-order valence-corrected chi connectivity index (χ4v) is 1.58. The molecule has 3 nitrogen and oxygen atoms in total. The molecule has 3 heteroatoms. The van der Waals surface area contributed by atoms with Gasteiger partial charge >= 0.3 is 0 Å². The van der Waals surface area contributed by atoms with E-state index in [0.717, 1.165) is 11.1 Å². The van der Waals surface area contributed by atoms with Crippen LogP contribution in [0.5, 0.6) is 11.5 Å². The van der Waals surface area contributed by atoms with E-state index in [-0.39, 0.29) is 5.75 Å². The summed E-state index contributed by atoms with van der Waals surface area (Å²) in [6.07, 6.45) is 0. The lowest BCUT2D eigenvalue weighted by molar-refractivity contribution is 0.373. The van der Waals surface area contributed by atoms with Gasteiger partial charge in [-0.15, -0.1) is 0 Å². The number of hydrogen-bond donors (Lipinski definition) is 2. The molecule has 0 spiro atoms. The molecule has 0 aliphatic carbocycles. The summed E-state index contributed by atoms with van der Waals surface area (Å²) >= 11 is 0. The van der Waals surface area contributed by atoms with Gasteiger partial charge in [-0.1, -0.05) is 18.2 Å². The Morgan fingerprint density at radius 1 is 1.06 bits per heavy atom. The highest BCUT2D eigenvalue weighted by Gasteiger charge is 2.04. The molecule has 0 bridgehead atoms. The van der Waals surface area contributed by atoms with Gasteiger partial charge in [-0.05, 0) is 35.4 Å². The minimum absolute atomic E-state index is 0.134. The minimum Gasteiger partial charge on any atom is -0.504 e. The van der Waals surface area contributed by atoms with Crippen LogP contribution in [-0.2, 0) is 0 Å². The molecule has 0 saturated heterocycles. The molecule has 2 aromatic rings. The summed E-state index contributed by atoms with van der Waals surface area (Å²) in [6, 6.07) is 12.8. The van der Waals surface area contributed by atoms with Crippen molar-refractivity contribution in [3.05, 3.63) is 42.5 Å². The maximum atomic E-state index is 9.49. The lowest BCUT2D eigenvalue weighted by Crippen LogP contribution is -1.87. The standard InChI is InChI=1S/C13H13NO2/c1-16-13-8-10(5-6-12(13)15)9-3-2-4-11(14)7-9/h2-8,15H,14H2,1H3. The quantitative estimate of drug-likeness (QED) is 0.757. The van der Waals surface area contributed by atoms with Crippen molar-refractivity contribution in [3.8, 4) is 22.6 Å². The second-order valence-corrected chi connectivity index (χ2v) is 3.51. The molecule has 0 saturated carbocycles. The van der Waals surface area contributed by atoms with Gasteiger partial charge in [0.05, 0.1) is 7.11 Å². The van der Waals surface area contributed by atoms with Gasteiger partial charge in [0.2, 0.25) is 0 Å². The Bertz CT molecular complexity index is 509. The minimum atomic E-state index is 0.134. The van der Waals surface area contributed by atoms with Crippen molar-refractivity contribution >= 4 is 5.69 Å². The first-order valence-electron chi connectivity index (χ1n) is 4.93. The van der Waals surface area contributed by atoms with Crippen LogP contribution >= 0.6 is 0 Å². The Morgan fingerprint density at radius 3 is 2.50 bits per heavy atom.